The second-order valence-corrected chi connectivity index (χ2v) is 7.53. The summed E-state index contributed by atoms with van der Waals surface area (Å²) in [5.41, 5.74) is 1.91. The average molecular weight is 382 g/mol. The fraction of sp³-hybridized carbons (Fsp3) is 0.263. The second-order valence-electron chi connectivity index (χ2n) is 6.41. The number of nitrogens with one attached hydrogen (secondary N) is 1. The van der Waals surface area contributed by atoms with E-state index in [2.05, 4.69) is 15.2 Å². The zero-order chi connectivity index (χ0) is 18.8. The molecule has 3 aromatic rings. The van der Waals surface area contributed by atoms with E-state index >= 15 is 0 Å². The Bertz CT molecular complexity index is 978. The molecule has 1 fully saturated rings. The quantitative estimate of drug-likeness (QED) is 0.536. The summed E-state index contributed by atoms with van der Waals surface area (Å²) < 4.78 is 1.06. The number of hydrogen-bond acceptors (Lipinski definition) is 6. The zero-order valence-electron chi connectivity index (χ0n) is 14.6. The van der Waals surface area contributed by atoms with E-state index in [0.717, 1.165) is 46.8 Å². The molecule has 1 aliphatic heterocycles. The molecule has 1 aromatic heterocycles. The average Bonchev–Trinajstić information content (AvgIpc) is 3.34. The highest BCUT2D eigenvalue weighted by molar-refractivity contribution is 7.18. The van der Waals surface area contributed by atoms with Gasteiger partial charge in [0.15, 0.2) is 0 Å². The SMILES string of the molecule is O=C(NCc1nc2ccccc2s1)c1cc([N+](=O)[O-])ccc1N1CCCC1. The predicted octanol–water partition coefficient (Wildman–Crippen LogP) is 3.73. The van der Waals surface area contributed by atoms with Gasteiger partial charge in [0, 0.05) is 25.2 Å². The van der Waals surface area contributed by atoms with Crippen molar-refractivity contribution < 1.29 is 9.72 Å². The first kappa shape index (κ1) is 17.4. The first-order chi connectivity index (χ1) is 13.1. The normalized spacial score (nSPS) is 13.9. The van der Waals surface area contributed by atoms with E-state index in [-0.39, 0.29) is 11.6 Å². The number of benzene rings is 2. The number of nitrogens with zero attached hydrogens (tertiary/aromatic N) is 3. The van der Waals surface area contributed by atoms with Crippen molar-refractivity contribution in [2.75, 3.05) is 18.0 Å². The first-order valence-corrected chi connectivity index (χ1v) is 9.59. The van der Waals surface area contributed by atoms with Crippen molar-refractivity contribution in [3.63, 3.8) is 0 Å². The summed E-state index contributed by atoms with van der Waals surface area (Å²) in [6.45, 7) is 2.01. The number of para-hydroxylation sites is 1. The number of rotatable bonds is 5. The Hall–Kier alpha value is -3.00. The molecule has 4 rings (SSSR count). The van der Waals surface area contributed by atoms with Crippen molar-refractivity contribution in [1.82, 2.24) is 10.3 Å². The molecule has 1 aliphatic rings. The number of carbonyl (C=O) groups is 1. The number of nitro benzene ring substituents is 1. The van der Waals surface area contributed by atoms with Gasteiger partial charge in [-0.05, 0) is 31.0 Å². The monoisotopic (exact) mass is 382 g/mol. The highest BCUT2D eigenvalue weighted by Crippen LogP contribution is 2.28. The smallest absolute Gasteiger partial charge is 0.270 e. The van der Waals surface area contributed by atoms with Crippen LogP contribution in [-0.4, -0.2) is 28.9 Å². The molecule has 8 heteroatoms. The molecule has 0 spiro atoms. The minimum Gasteiger partial charge on any atom is -0.371 e. The van der Waals surface area contributed by atoms with Gasteiger partial charge in [-0.3, -0.25) is 14.9 Å². The van der Waals surface area contributed by atoms with E-state index in [1.807, 2.05) is 24.3 Å². The van der Waals surface area contributed by atoms with Crippen LogP contribution in [-0.2, 0) is 6.54 Å². The summed E-state index contributed by atoms with van der Waals surface area (Å²) in [6, 6.07) is 12.3. The van der Waals surface area contributed by atoms with E-state index in [1.54, 1.807) is 6.07 Å². The predicted molar refractivity (Wildman–Crippen MR) is 105 cm³/mol. The van der Waals surface area contributed by atoms with E-state index < -0.39 is 4.92 Å². The maximum absolute atomic E-state index is 12.8. The lowest BCUT2D eigenvalue weighted by atomic mass is 10.1. The Balaban J connectivity index is 1.57. The van der Waals surface area contributed by atoms with Crippen LogP contribution >= 0.6 is 11.3 Å². The van der Waals surface area contributed by atoms with Crippen LogP contribution in [0.15, 0.2) is 42.5 Å². The van der Waals surface area contributed by atoms with Gasteiger partial charge >= 0.3 is 0 Å². The summed E-state index contributed by atoms with van der Waals surface area (Å²) in [7, 11) is 0. The van der Waals surface area contributed by atoms with Gasteiger partial charge in [0.2, 0.25) is 0 Å². The number of non-ortho nitro benzene ring substituents is 1. The molecule has 27 heavy (non-hydrogen) atoms. The number of amides is 1. The van der Waals surface area contributed by atoms with Crippen LogP contribution in [0.5, 0.6) is 0 Å². The highest BCUT2D eigenvalue weighted by atomic mass is 32.1. The molecule has 2 heterocycles. The maximum Gasteiger partial charge on any atom is 0.270 e. The Morgan fingerprint density at radius 3 is 2.74 bits per heavy atom. The van der Waals surface area contributed by atoms with E-state index in [4.69, 9.17) is 0 Å². The fourth-order valence-electron chi connectivity index (χ4n) is 3.30. The molecule has 7 nitrogen and oxygen atoms in total. The fourth-order valence-corrected chi connectivity index (χ4v) is 4.21. The third-order valence-electron chi connectivity index (χ3n) is 4.62. The topological polar surface area (TPSA) is 88.4 Å². The summed E-state index contributed by atoms with van der Waals surface area (Å²) >= 11 is 1.53. The van der Waals surface area contributed by atoms with Crippen LogP contribution in [0, 0.1) is 10.1 Å². The highest BCUT2D eigenvalue weighted by Gasteiger charge is 2.22. The number of nitro groups is 1. The molecule has 1 N–H and O–H groups in total. The van der Waals surface area contributed by atoms with Gasteiger partial charge in [-0.2, -0.15) is 0 Å². The number of hydrogen-bond donors (Lipinski definition) is 1. The van der Waals surface area contributed by atoms with Crippen molar-refractivity contribution in [1.29, 1.82) is 0 Å². The maximum atomic E-state index is 12.8. The first-order valence-electron chi connectivity index (χ1n) is 8.78. The van der Waals surface area contributed by atoms with Gasteiger partial charge < -0.3 is 10.2 Å². The molecule has 138 valence electrons. The van der Waals surface area contributed by atoms with Crippen LogP contribution in [0.3, 0.4) is 0 Å². The molecule has 0 saturated carbocycles. The van der Waals surface area contributed by atoms with E-state index in [0.29, 0.717) is 12.1 Å². The van der Waals surface area contributed by atoms with E-state index in [1.165, 1.54) is 23.5 Å². The van der Waals surface area contributed by atoms with Crippen LogP contribution in [0.2, 0.25) is 0 Å². The molecule has 0 aliphatic carbocycles. The lowest BCUT2D eigenvalue weighted by Crippen LogP contribution is -2.27. The zero-order valence-corrected chi connectivity index (χ0v) is 15.4. The van der Waals surface area contributed by atoms with Gasteiger partial charge in [-0.15, -0.1) is 11.3 Å². The Kier molecular flexibility index (Phi) is 4.72. The lowest BCUT2D eigenvalue weighted by Gasteiger charge is -2.20. The Morgan fingerprint density at radius 1 is 1.22 bits per heavy atom. The minimum absolute atomic E-state index is 0.0805. The summed E-state index contributed by atoms with van der Waals surface area (Å²) in [6.07, 6.45) is 2.12. The molecule has 0 unspecified atom stereocenters. The molecule has 1 saturated heterocycles. The van der Waals surface area contributed by atoms with Gasteiger partial charge in [0.25, 0.3) is 11.6 Å². The summed E-state index contributed by atoms with van der Waals surface area (Å²) in [5.74, 6) is -0.320. The number of carbonyl (C=O) groups excluding carboxylic acids is 1. The minimum atomic E-state index is -0.474. The molecule has 0 bridgehead atoms. The molecular formula is C19H18N4O3S. The summed E-state index contributed by atoms with van der Waals surface area (Å²) in [4.78, 5) is 30.1. The number of aromatic nitrogens is 1. The Morgan fingerprint density at radius 2 is 2.00 bits per heavy atom. The number of thiazole rings is 1. The second kappa shape index (κ2) is 7.32. The van der Waals surface area contributed by atoms with Gasteiger partial charge in [0.05, 0.1) is 32.9 Å². The van der Waals surface area contributed by atoms with Crippen LogP contribution in [0.4, 0.5) is 11.4 Å². The molecule has 1 amide bonds. The van der Waals surface area contributed by atoms with Crippen molar-refractivity contribution >= 4 is 38.8 Å². The van der Waals surface area contributed by atoms with Crippen molar-refractivity contribution in [3.8, 4) is 0 Å². The van der Waals surface area contributed by atoms with Crippen molar-refractivity contribution in [2.45, 2.75) is 19.4 Å². The van der Waals surface area contributed by atoms with Gasteiger partial charge in [0.1, 0.15) is 5.01 Å². The summed E-state index contributed by atoms with van der Waals surface area (Å²) in [5, 5.41) is 14.8. The van der Waals surface area contributed by atoms with E-state index in [9.17, 15) is 14.9 Å². The van der Waals surface area contributed by atoms with Crippen molar-refractivity contribution in [2.24, 2.45) is 0 Å². The standard InChI is InChI=1S/C19H18N4O3S/c24-19(20-12-18-21-15-5-1-2-6-17(15)27-18)14-11-13(23(25)26)7-8-16(14)22-9-3-4-10-22/h1-2,5-8,11H,3-4,9-10,12H2,(H,20,24). The number of fused-ring (bicyclic) bond motifs is 1. The lowest BCUT2D eigenvalue weighted by molar-refractivity contribution is -0.384. The van der Waals surface area contributed by atoms with Gasteiger partial charge in [-0.25, -0.2) is 4.98 Å². The third kappa shape index (κ3) is 3.61. The third-order valence-corrected chi connectivity index (χ3v) is 5.66. The molecule has 0 atom stereocenters. The van der Waals surface area contributed by atoms with Crippen molar-refractivity contribution in [3.05, 3.63) is 63.1 Å². The number of anilines is 1. The van der Waals surface area contributed by atoms with Crippen LogP contribution in [0.1, 0.15) is 28.2 Å². The Labute approximate surface area is 159 Å². The molecule has 2 aromatic carbocycles. The van der Waals surface area contributed by atoms with Crippen LogP contribution < -0.4 is 10.2 Å². The largest absolute Gasteiger partial charge is 0.371 e. The van der Waals surface area contributed by atoms with Gasteiger partial charge in [-0.1, -0.05) is 12.1 Å². The molecule has 0 radical (unpaired) electrons. The van der Waals surface area contributed by atoms with Crippen LogP contribution in [0.25, 0.3) is 10.2 Å². The molecular weight excluding hydrogens is 364 g/mol.